The normalized spacial score (nSPS) is 15.7. The Morgan fingerprint density at radius 2 is 1.84 bits per heavy atom. The summed E-state index contributed by atoms with van der Waals surface area (Å²) >= 11 is 0. The molecule has 2 atom stereocenters. The Hall–Kier alpha value is -1.35. The average molecular weight is 264 g/mol. The van der Waals surface area contributed by atoms with Gasteiger partial charge in [0.25, 0.3) is 0 Å². The Kier molecular flexibility index (Phi) is 6.03. The third kappa shape index (κ3) is 4.67. The minimum absolute atomic E-state index is 0.513. The van der Waals surface area contributed by atoms with Gasteiger partial charge >= 0.3 is 5.97 Å². The van der Waals surface area contributed by atoms with Crippen LogP contribution in [0.5, 0.6) is 0 Å². The molecular formula is C16H24O3. The van der Waals surface area contributed by atoms with Gasteiger partial charge in [0, 0.05) is 0 Å². The van der Waals surface area contributed by atoms with Gasteiger partial charge in [-0.3, -0.25) is 4.79 Å². The summed E-state index contributed by atoms with van der Waals surface area (Å²) in [6.45, 7) is 3.76. The molecule has 3 heteroatoms. The van der Waals surface area contributed by atoms with Gasteiger partial charge in [0.15, 0.2) is 0 Å². The van der Waals surface area contributed by atoms with Crippen LogP contribution in [0.4, 0.5) is 0 Å². The number of unbranched alkanes of at least 4 members (excludes halogenated alkanes) is 3. The van der Waals surface area contributed by atoms with E-state index in [9.17, 15) is 15.0 Å². The molecule has 0 amide bonds. The monoisotopic (exact) mass is 264 g/mol. The first-order valence-corrected chi connectivity index (χ1v) is 6.99. The van der Waals surface area contributed by atoms with Gasteiger partial charge < -0.3 is 10.2 Å². The maximum Gasteiger partial charge on any atom is 0.313 e. The molecule has 1 aromatic rings. The molecule has 106 valence electrons. The van der Waals surface area contributed by atoms with Crippen molar-refractivity contribution in [2.45, 2.75) is 57.5 Å². The van der Waals surface area contributed by atoms with Crippen LogP contribution in [0.2, 0.25) is 0 Å². The third-order valence-electron chi connectivity index (χ3n) is 3.54. The highest BCUT2D eigenvalue weighted by Gasteiger charge is 2.38. The molecule has 0 saturated carbocycles. The predicted molar refractivity (Wildman–Crippen MR) is 76.2 cm³/mol. The first-order valence-electron chi connectivity index (χ1n) is 6.99. The third-order valence-corrected chi connectivity index (χ3v) is 3.54. The summed E-state index contributed by atoms with van der Waals surface area (Å²) in [7, 11) is 0. The second-order valence-corrected chi connectivity index (χ2v) is 5.35. The molecule has 0 bridgehead atoms. The van der Waals surface area contributed by atoms with Crippen LogP contribution in [0.25, 0.3) is 0 Å². The smallest absolute Gasteiger partial charge is 0.313 e. The molecule has 2 N–H and O–H groups in total. The Labute approximate surface area is 115 Å². The number of carbonyl (C=O) groups is 1. The lowest BCUT2D eigenvalue weighted by Gasteiger charge is -2.30. The van der Waals surface area contributed by atoms with E-state index >= 15 is 0 Å². The highest BCUT2D eigenvalue weighted by molar-refractivity contribution is 5.77. The molecule has 0 unspecified atom stereocenters. The molecule has 1 aromatic carbocycles. The summed E-state index contributed by atoms with van der Waals surface area (Å²) in [5, 5.41) is 19.9. The number of hydrogen-bond donors (Lipinski definition) is 2. The maximum atomic E-state index is 11.5. The first kappa shape index (κ1) is 15.7. The van der Waals surface area contributed by atoms with Gasteiger partial charge in [-0.15, -0.1) is 0 Å². The van der Waals surface area contributed by atoms with Crippen molar-refractivity contribution in [2.75, 3.05) is 0 Å². The first-order chi connectivity index (χ1) is 8.99. The van der Waals surface area contributed by atoms with E-state index < -0.39 is 17.5 Å². The van der Waals surface area contributed by atoms with Crippen LogP contribution in [0.3, 0.4) is 0 Å². The Balaban J connectivity index is 2.77. The van der Waals surface area contributed by atoms with Crippen molar-refractivity contribution in [1.29, 1.82) is 0 Å². The topological polar surface area (TPSA) is 57.5 Å². The highest BCUT2D eigenvalue weighted by atomic mass is 16.4. The molecule has 0 aliphatic heterocycles. The number of hydrogen-bond acceptors (Lipinski definition) is 2. The number of benzene rings is 1. The highest BCUT2D eigenvalue weighted by Crippen LogP contribution is 2.32. The Bertz CT molecular complexity index is 384. The minimum atomic E-state index is -1.21. The molecule has 0 aliphatic carbocycles. The standard InChI is InChI=1S/C16H24O3/c1-3-4-5-9-12-16(2,19)14(15(17)18)13-10-7-6-8-11-13/h6-8,10-11,14,19H,3-5,9,12H2,1-2H3,(H,17,18)/t14-,16+/m1/s1. The van der Waals surface area contributed by atoms with Gasteiger partial charge in [-0.25, -0.2) is 0 Å². The van der Waals surface area contributed by atoms with E-state index in [4.69, 9.17) is 0 Å². The van der Waals surface area contributed by atoms with Gasteiger partial charge in [0.05, 0.1) is 5.60 Å². The van der Waals surface area contributed by atoms with Gasteiger partial charge in [-0.05, 0) is 18.9 Å². The summed E-state index contributed by atoms with van der Waals surface area (Å²) in [6, 6.07) is 8.98. The average Bonchev–Trinajstić information content (AvgIpc) is 2.35. The molecule has 19 heavy (non-hydrogen) atoms. The van der Waals surface area contributed by atoms with E-state index in [-0.39, 0.29) is 0 Å². The van der Waals surface area contributed by atoms with Crippen LogP contribution in [0.1, 0.15) is 57.4 Å². The van der Waals surface area contributed by atoms with Crippen molar-refractivity contribution < 1.29 is 15.0 Å². The predicted octanol–water partition coefficient (Wildman–Crippen LogP) is 3.58. The lowest BCUT2D eigenvalue weighted by Crippen LogP contribution is -2.37. The summed E-state index contributed by atoms with van der Waals surface area (Å²) in [4.78, 5) is 11.5. The van der Waals surface area contributed by atoms with Crippen LogP contribution in [0.15, 0.2) is 30.3 Å². The lowest BCUT2D eigenvalue weighted by molar-refractivity contribution is -0.145. The lowest BCUT2D eigenvalue weighted by atomic mass is 9.80. The zero-order valence-electron chi connectivity index (χ0n) is 11.8. The van der Waals surface area contributed by atoms with E-state index in [0.29, 0.717) is 12.0 Å². The van der Waals surface area contributed by atoms with Crippen LogP contribution >= 0.6 is 0 Å². The Morgan fingerprint density at radius 3 is 2.37 bits per heavy atom. The second kappa shape index (κ2) is 7.29. The largest absolute Gasteiger partial charge is 0.481 e. The SMILES string of the molecule is CCCCCC[C@](C)(O)[C@@H](C(=O)O)c1ccccc1. The van der Waals surface area contributed by atoms with E-state index in [1.165, 1.54) is 0 Å². The maximum absolute atomic E-state index is 11.5. The van der Waals surface area contributed by atoms with E-state index in [1.807, 2.05) is 6.07 Å². The van der Waals surface area contributed by atoms with Crippen LogP contribution < -0.4 is 0 Å². The molecule has 0 fully saturated rings. The number of carboxylic acids is 1. The molecule has 0 aromatic heterocycles. The minimum Gasteiger partial charge on any atom is -0.481 e. The summed E-state index contributed by atoms with van der Waals surface area (Å²) in [5.74, 6) is -1.83. The van der Waals surface area contributed by atoms with Gasteiger partial charge in [0.2, 0.25) is 0 Å². The molecule has 0 saturated heterocycles. The molecular weight excluding hydrogens is 240 g/mol. The van der Waals surface area contributed by atoms with E-state index in [1.54, 1.807) is 31.2 Å². The summed E-state index contributed by atoms with van der Waals surface area (Å²) in [5.41, 5.74) is -0.545. The van der Waals surface area contributed by atoms with Crippen LogP contribution in [0, 0.1) is 0 Å². The molecule has 3 nitrogen and oxygen atoms in total. The number of aliphatic carboxylic acids is 1. The van der Waals surface area contributed by atoms with E-state index in [2.05, 4.69) is 6.92 Å². The van der Waals surface area contributed by atoms with Gasteiger partial charge in [-0.1, -0.05) is 62.9 Å². The van der Waals surface area contributed by atoms with Crippen molar-refractivity contribution in [1.82, 2.24) is 0 Å². The Morgan fingerprint density at radius 1 is 1.21 bits per heavy atom. The van der Waals surface area contributed by atoms with Crippen molar-refractivity contribution in [3.8, 4) is 0 Å². The fourth-order valence-electron chi connectivity index (χ4n) is 2.47. The number of carboxylic acid groups (broad SMARTS) is 1. The molecule has 1 rings (SSSR count). The summed E-state index contributed by atoms with van der Waals surface area (Å²) < 4.78 is 0. The molecule has 0 aliphatic rings. The van der Waals surface area contributed by atoms with E-state index in [0.717, 1.165) is 25.7 Å². The molecule has 0 spiro atoms. The van der Waals surface area contributed by atoms with Gasteiger partial charge in [-0.2, -0.15) is 0 Å². The van der Waals surface area contributed by atoms with Crippen LogP contribution in [-0.2, 0) is 4.79 Å². The van der Waals surface area contributed by atoms with Crippen LogP contribution in [-0.4, -0.2) is 21.8 Å². The van der Waals surface area contributed by atoms with Crippen molar-refractivity contribution in [2.24, 2.45) is 0 Å². The number of rotatable bonds is 8. The van der Waals surface area contributed by atoms with Crippen molar-refractivity contribution in [3.05, 3.63) is 35.9 Å². The molecule has 0 radical (unpaired) electrons. The molecule has 0 heterocycles. The number of aliphatic hydroxyl groups is 1. The zero-order valence-corrected chi connectivity index (χ0v) is 11.8. The van der Waals surface area contributed by atoms with Crippen molar-refractivity contribution in [3.63, 3.8) is 0 Å². The quantitative estimate of drug-likeness (QED) is 0.706. The summed E-state index contributed by atoms with van der Waals surface area (Å²) in [6.07, 6.45) is 4.66. The zero-order chi connectivity index (χ0) is 14.3. The second-order valence-electron chi connectivity index (χ2n) is 5.35. The fraction of sp³-hybridized carbons (Fsp3) is 0.562. The fourth-order valence-corrected chi connectivity index (χ4v) is 2.47. The van der Waals surface area contributed by atoms with Crippen molar-refractivity contribution >= 4 is 5.97 Å². The van der Waals surface area contributed by atoms with Gasteiger partial charge in [0.1, 0.15) is 5.92 Å².